The molecule has 0 saturated heterocycles. The number of carbonyl (C=O) groups excluding carboxylic acids is 2. The Hall–Kier alpha value is -5.00. The van der Waals surface area contributed by atoms with Gasteiger partial charge in [-0.05, 0) is 81.6 Å². The average molecular weight is 597 g/mol. The zero-order chi connectivity index (χ0) is 30.7. The molecule has 4 aromatic heterocycles. The van der Waals surface area contributed by atoms with Crippen molar-refractivity contribution in [2.24, 2.45) is 0 Å². The number of carbonyl (C=O) groups is 2. The van der Waals surface area contributed by atoms with E-state index in [9.17, 15) is 9.59 Å². The SMILES string of the molecule is CCOc1ccc(CC(=O)Nc2ccc(C3CCCC(c4ccc(NC(=O)Cc5ccc(OCC)cn5)nn4)C3)nn2)nc1. The second kappa shape index (κ2) is 14.9. The molecule has 228 valence electrons. The number of hydrogen-bond acceptors (Lipinski definition) is 10. The highest BCUT2D eigenvalue weighted by Crippen LogP contribution is 2.40. The van der Waals surface area contributed by atoms with E-state index in [2.05, 4.69) is 41.0 Å². The van der Waals surface area contributed by atoms with Gasteiger partial charge in [-0.25, -0.2) is 0 Å². The first-order chi connectivity index (χ1) is 21.5. The number of anilines is 2. The number of ether oxygens (including phenoxy) is 2. The zero-order valence-corrected chi connectivity index (χ0v) is 24.9. The molecule has 12 heteroatoms. The Bertz CT molecular complexity index is 1400. The molecule has 5 rings (SSSR count). The minimum absolute atomic E-state index is 0.129. The number of nitrogens with zero attached hydrogens (tertiary/aromatic N) is 6. The van der Waals surface area contributed by atoms with Crippen molar-refractivity contribution in [2.45, 2.75) is 64.2 Å². The van der Waals surface area contributed by atoms with Gasteiger partial charge in [-0.3, -0.25) is 19.6 Å². The third-order valence-electron chi connectivity index (χ3n) is 7.32. The lowest BCUT2D eigenvalue weighted by molar-refractivity contribution is -0.116. The molecule has 0 spiro atoms. The van der Waals surface area contributed by atoms with Crippen LogP contribution in [0.1, 0.15) is 74.1 Å². The molecule has 4 heterocycles. The van der Waals surface area contributed by atoms with Gasteiger partial charge in [0.05, 0.1) is 49.8 Å². The fraction of sp³-hybridized carbons (Fsp3) is 0.375. The van der Waals surface area contributed by atoms with Crippen molar-refractivity contribution in [2.75, 3.05) is 23.8 Å². The first-order valence-electron chi connectivity index (χ1n) is 14.9. The van der Waals surface area contributed by atoms with Gasteiger partial charge in [0, 0.05) is 23.2 Å². The summed E-state index contributed by atoms with van der Waals surface area (Å²) in [5, 5.41) is 22.9. The molecular weight excluding hydrogens is 560 g/mol. The van der Waals surface area contributed by atoms with Gasteiger partial charge in [-0.15, -0.1) is 10.2 Å². The molecule has 1 saturated carbocycles. The normalized spacial score (nSPS) is 16.1. The second-order valence-electron chi connectivity index (χ2n) is 10.5. The van der Waals surface area contributed by atoms with E-state index < -0.39 is 0 Å². The van der Waals surface area contributed by atoms with Crippen LogP contribution in [0.15, 0.2) is 60.9 Å². The van der Waals surface area contributed by atoms with Crippen LogP contribution in [0, 0.1) is 0 Å². The Labute approximate surface area is 256 Å². The van der Waals surface area contributed by atoms with Gasteiger partial charge in [-0.1, -0.05) is 6.42 Å². The Morgan fingerprint density at radius 2 is 1.16 bits per heavy atom. The maximum atomic E-state index is 12.5. The number of amides is 2. The van der Waals surface area contributed by atoms with Crippen LogP contribution in [0.2, 0.25) is 0 Å². The molecule has 0 bridgehead atoms. The highest BCUT2D eigenvalue weighted by molar-refractivity contribution is 5.91. The van der Waals surface area contributed by atoms with E-state index in [1.54, 1.807) is 48.8 Å². The molecule has 0 aliphatic heterocycles. The summed E-state index contributed by atoms with van der Waals surface area (Å²) in [7, 11) is 0. The fourth-order valence-corrected chi connectivity index (χ4v) is 5.22. The number of rotatable bonds is 12. The van der Waals surface area contributed by atoms with Crippen molar-refractivity contribution in [1.82, 2.24) is 30.4 Å². The lowest BCUT2D eigenvalue weighted by Crippen LogP contribution is -2.19. The molecule has 0 radical (unpaired) electrons. The molecule has 12 nitrogen and oxygen atoms in total. The van der Waals surface area contributed by atoms with Gasteiger partial charge < -0.3 is 20.1 Å². The van der Waals surface area contributed by atoms with E-state index in [-0.39, 0.29) is 36.5 Å². The predicted molar refractivity (Wildman–Crippen MR) is 163 cm³/mol. The summed E-state index contributed by atoms with van der Waals surface area (Å²) < 4.78 is 10.8. The molecule has 2 amide bonds. The fourth-order valence-electron chi connectivity index (χ4n) is 5.22. The van der Waals surface area contributed by atoms with Crippen LogP contribution in [0.4, 0.5) is 11.6 Å². The average Bonchev–Trinajstić information content (AvgIpc) is 3.04. The van der Waals surface area contributed by atoms with Gasteiger partial charge >= 0.3 is 0 Å². The molecule has 44 heavy (non-hydrogen) atoms. The Morgan fingerprint density at radius 3 is 1.52 bits per heavy atom. The first kappa shape index (κ1) is 30.5. The summed E-state index contributed by atoms with van der Waals surface area (Å²) in [5.74, 6) is 2.16. The number of aromatic nitrogens is 6. The third-order valence-corrected chi connectivity index (χ3v) is 7.32. The number of nitrogens with one attached hydrogen (secondary N) is 2. The highest BCUT2D eigenvalue weighted by Gasteiger charge is 2.27. The van der Waals surface area contributed by atoms with Crippen molar-refractivity contribution in [1.29, 1.82) is 0 Å². The second-order valence-corrected chi connectivity index (χ2v) is 10.5. The summed E-state index contributed by atoms with van der Waals surface area (Å²) in [4.78, 5) is 33.5. The van der Waals surface area contributed by atoms with E-state index in [4.69, 9.17) is 9.47 Å². The molecule has 1 fully saturated rings. The van der Waals surface area contributed by atoms with E-state index in [1.807, 2.05) is 26.0 Å². The van der Waals surface area contributed by atoms with Crippen LogP contribution in [0.3, 0.4) is 0 Å². The Balaban J connectivity index is 1.10. The van der Waals surface area contributed by atoms with Crippen LogP contribution in [0.5, 0.6) is 11.5 Å². The quantitative estimate of drug-likeness (QED) is 0.236. The van der Waals surface area contributed by atoms with Gasteiger partial charge in [0.1, 0.15) is 11.5 Å². The van der Waals surface area contributed by atoms with Crippen LogP contribution in [0.25, 0.3) is 0 Å². The molecule has 0 aromatic carbocycles. The van der Waals surface area contributed by atoms with Crippen molar-refractivity contribution in [3.8, 4) is 11.5 Å². The minimum Gasteiger partial charge on any atom is -0.492 e. The molecule has 2 unspecified atom stereocenters. The monoisotopic (exact) mass is 596 g/mol. The maximum Gasteiger partial charge on any atom is 0.231 e. The van der Waals surface area contributed by atoms with Crippen LogP contribution in [-0.4, -0.2) is 55.4 Å². The van der Waals surface area contributed by atoms with E-state index in [1.165, 1.54) is 0 Å². The minimum atomic E-state index is -0.215. The maximum absolute atomic E-state index is 12.5. The predicted octanol–water partition coefficient (Wildman–Crippen LogP) is 4.66. The van der Waals surface area contributed by atoms with Gasteiger partial charge in [0.15, 0.2) is 11.6 Å². The smallest absolute Gasteiger partial charge is 0.231 e. The summed E-state index contributed by atoms with van der Waals surface area (Å²) in [6.07, 6.45) is 7.38. The summed E-state index contributed by atoms with van der Waals surface area (Å²) in [6.45, 7) is 4.93. The van der Waals surface area contributed by atoms with E-state index in [0.717, 1.165) is 37.1 Å². The molecule has 2 atom stereocenters. The number of pyridine rings is 2. The summed E-state index contributed by atoms with van der Waals surface area (Å²) in [5.41, 5.74) is 3.06. The largest absolute Gasteiger partial charge is 0.492 e. The van der Waals surface area contributed by atoms with Crippen molar-refractivity contribution < 1.29 is 19.1 Å². The topological polar surface area (TPSA) is 154 Å². The van der Waals surface area contributed by atoms with Crippen molar-refractivity contribution >= 4 is 23.5 Å². The Morgan fingerprint density at radius 1 is 0.682 bits per heavy atom. The Kier molecular flexibility index (Phi) is 10.3. The van der Waals surface area contributed by atoms with Crippen molar-refractivity contribution in [3.63, 3.8) is 0 Å². The lowest BCUT2D eigenvalue weighted by Gasteiger charge is -2.28. The van der Waals surface area contributed by atoms with Crippen LogP contribution >= 0.6 is 0 Å². The molecule has 4 aromatic rings. The summed E-state index contributed by atoms with van der Waals surface area (Å²) >= 11 is 0. The number of hydrogen-bond donors (Lipinski definition) is 2. The molecule has 2 N–H and O–H groups in total. The lowest BCUT2D eigenvalue weighted by atomic mass is 9.78. The van der Waals surface area contributed by atoms with Crippen LogP contribution in [-0.2, 0) is 22.4 Å². The van der Waals surface area contributed by atoms with E-state index in [0.29, 0.717) is 47.7 Å². The summed E-state index contributed by atoms with van der Waals surface area (Å²) in [6, 6.07) is 14.6. The highest BCUT2D eigenvalue weighted by atomic mass is 16.5. The molecule has 1 aliphatic carbocycles. The molecular formula is C32H36N8O4. The van der Waals surface area contributed by atoms with E-state index >= 15 is 0 Å². The first-order valence-corrected chi connectivity index (χ1v) is 14.9. The van der Waals surface area contributed by atoms with Crippen LogP contribution < -0.4 is 20.1 Å². The molecule has 1 aliphatic rings. The van der Waals surface area contributed by atoms with Gasteiger partial charge in [-0.2, -0.15) is 10.2 Å². The zero-order valence-electron chi connectivity index (χ0n) is 24.9. The van der Waals surface area contributed by atoms with Gasteiger partial charge in [0.25, 0.3) is 0 Å². The van der Waals surface area contributed by atoms with Crippen molar-refractivity contribution in [3.05, 3.63) is 83.7 Å². The van der Waals surface area contributed by atoms with Gasteiger partial charge in [0.2, 0.25) is 11.8 Å². The third kappa shape index (κ3) is 8.52. The standard InChI is InChI=1S/C32H36N8O4/c1-3-43-25-10-8-23(33-19-25)17-31(41)35-29-14-12-27(37-39-29)21-6-5-7-22(16-21)28-13-15-30(40-38-28)36-32(42)18-24-9-11-26(20-34-24)44-4-2/h8-15,19-22H,3-7,16-18H2,1-2H3,(H,35,39,41)(H,36,40,42).